The predicted molar refractivity (Wildman–Crippen MR) is 110 cm³/mol. The molecule has 2 heterocycles. The molecule has 3 aromatic rings. The number of nitrogens with one attached hydrogen (secondary N) is 1. The minimum Gasteiger partial charge on any atom is -0.319 e. The summed E-state index contributed by atoms with van der Waals surface area (Å²) in [5.41, 5.74) is -0.481. The minimum absolute atomic E-state index is 0.227. The standard InChI is InChI=1S/C22H20N2O3S/c1-3-15-11-12-19(28-15)18(25)13-24-20(26)22(2,23-21(24)27)17-10-6-8-14-7-4-5-9-16(14)17/h4-12H,3,13H2,1-2H3,(H,23,27)/t22-/m1/s1. The molecule has 1 aliphatic heterocycles. The lowest BCUT2D eigenvalue weighted by atomic mass is 9.88. The van der Waals surface area contributed by atoms with Crippen molar-refractivity contribution in [1.29, 1.82) is 0 Å². The van der Waals surface area contributed by atoms with Crippen molar-refractivity contribution in [2.24, 2.45) is 0 Å². The van der Waals surface area contributed by atoms with Crippen LogP contribution in [0.4, 0.5) is 4.79 Å². The van der Waals surface area contributed by atoms with Crippen molar-refractivity contribution in [2.75, 3.05) is 6.54 Å². The zero-order valence-corrected chi connectivity index (χ0v) is 16.5. The monoisotopic (exact) mass is 392 g/mol. The second-order valence-corrected chi connectivity index (χ2v) is 8.18. The molecule has 3 amide bonds. The average molecular weight is 392 g/mol. The van der Waals surface area contributed by atoms with Crippen molar-refractivity contribution in [2.45, 2.75) is 25.8 Å². The normalized spacial score (nSPS) is 19.3. The molecular weight excluding hydrogens is 372 g/mol. The van der Waals surface area contributed by atoms with Gasteiger partial charge >= 0.3 is 6.03 Å². The molecule has 5 nitrogen and oxygen atoms in total. The second-order valence-electron chi connectivity index (χ2n) is 7.02. The lowest BCUT2D eigenvalue weighted by Crippen LogP contribution is -2.41. The number of carbonyl (C=O) groups excluding carboxylic acids is 3. The highest BCUT2D eigenvalue weighted by molar-refractivity contribution is 7.14. The summed E-state index contributed by atoms with van der Waals surface area (Å²) < 4.78 is 0. The van der Waals surface area contributed by atoms with Crippen LogP contribution in [0.15, 0.2) is 54.6 Å². The number of rotatable bonds is 5. The molecule has 4 rings (SSSR count). The number of benzene rings is 2. The zero-order chi connectivity index (χ0) is 19.9. The number of urea groups is 1. The Hall–Kier alpha value is -2.99. The quantitative estimate of drug-likeness (QED) is 0.525. The number of aryl methyl sites for hydroxylation is 1. The molecule has 142 valence electrons. The number of Topliss-reactive ketones (excluding diaryl/α,β-unsaturated/α-hetero) is 1. The Labute approximate surface area is 167 Å². The van der Waals surface area contributed by atoms with Gasteiger partial charge in [-0.2, -0.15) is 0 Å². The van der Waals surface area contributed by atoms with Gasteiger partial charge < -0.3 is 5.32 Å². The third-order valence-electron chi connectivity index (χ3n) is 5.19. The van der Waals surface area contributed by atoms with E-state index in [9.17, 15) is 14.4 Å². The number of imide groups is 1. The van der Waals surface area contributed by atoms with Gasteiger partial charge in [0.2, 0.25) is 0 Å². The highest BCUT2D eigenvalue weighted by atomic mass is 32.1. The number of hydrogen-bond donors (Lipinski definition) is 1. The summed E-state index contributed by atoms with van der Waals surface area (Å²) in [6.45, 7) is 3.46. The largest absolute Gasteiger partial charge is 0.325 e. The first-order valence-electron chi connectivity index (χ1n) is 9.18. The van der Waals surface area contributed by atoms with E-state index in [2.05, 4.69) is 5.32 Å². The molecule has 0 aliphatic carbocycles. The molecule has 0 unspecified atom stereocenters. The lowest BCUT2D eigenvalue weighted by molar-refractivity contribution is -0.130. The molecule has 1 aliphatic rings. The number of hydrogen-bond acceptors (Lipinski definition) is 4. The molecule has 1 N–H and O–H groups in total. The fraction of sp³-hybridized carbons (Fsp3) is 0.227. The topological polar surface area (TPSA) is 66.5 Å². The third-order valence-corrected chi connectivity index (χ3v) is 6.46. The molecule has 0 saturated carbocycles. The summed E-state index contributed by atoms with van der Waals surface area (Å²) in [4.78, 5) is 41.1. The maximum Gasteiger partial charge on any atom is 0.325 e. The summed E-state index contributed by atoms with van der Waals surface area (Å²) in [6, 6.07) is 16.5. The Bertz CT molecular complexity index is 1100. The van der Waals surface area contributed by atoms with Crippen LogP contribution in [0.25, 0.3) is 10.8 Å². The van der Waals surface area contributed by atoms with E-state index in [1.54, 1.807) is 13.0 Å². The zero-order valence-electron chi connectivity index (χ0n) is 15.7. The Kier molecular flexibility index (Phi) is 4.51. The van der Waals surface area contributed by atoms with E-state index in [0.29, 0.717) is 4.88 Å². The Morgan fingerprint density at radius 2 is 1.82 bits per heavy atom. The van der Waals surface area contributed by atoms with Crippen LogP contribution in [0.5, 0.6) is 0 Å². The van der Waals surface area contributed by atoms with Crippen LogP contribution < -0.4 is 5.32 Å². The Morgan fingerprint density at radius 3 is 2.57 bits per heavy atom. The maximum atomic E-state index is 13.2. The van der Waals surface area contributed by atoms with Crippen molar-refractivity contribution >= 4 is 39.8 Å². The molecule has 1 fully saturated rings. The SMILES string of the molecule is CCc1ccc(C(=O)CN2C(=O)N[C@](C)(c3cccc4ccccc34)C2=O)s1. The lowest BCUT2D eigenvalue weighted by Gasteiger charge is -2.24. The van der Waals surface area contributed by atoms with E-state index in [1.807, 2.05) is 55.5 Å². The van der Waals surface area contributed by atoms with Gasteiger partial charge in [-0.15, -0.1) is 11.3 Å². The van der Waals surface area contributed by atoms with Gasteiger partial charge in [0.25, 0.3) is 5.91 Å². The molecule has 1 saturated heterocycles. The number of carbonyl (C=O) groups is 3. The van der Waals surface area contributed by atoms with Gasteiger partial charge in [0.05, 0.1) is 11.4 Å². The van der Waals surface area contributed by atoms with Crippen LogP contribution in [0.2, 0.25) is 0 Å². The van der Waals surface area contributed by atoms with E-state index in [0.717, 1.165) is 32.5 Å². The van der Waals surface area contributed by atoms with Gasteiger partial charge in [-0.1, -0.05) is 49.4 Å². The minimum atomic E-state index is -1.21. The summed E-state index contributed by atoms with van der Waals surface area (Å²) >= 11 is 1.41. The van der Waals surface area contributed by atoms with E-state index in [-0.39, 0.29) is 12.3 Å². The highest BCUT2D eigenvalue weighted by Gasteiger charge is 2.50. The number of fused-ring (bicyclic) bond motifs is 1. The van der Waals surface area contributed by atoms with Crippen LogP contribution in [0.3, 0.4) is 0 Å². The molecular formula is C22H20N2O3S. The molecule has 0 radical (unpaired) electrons. The molecule has 1 atom stereocenters. The fourth-order valence-corrected chi connectivity index (χ4v) is 4.50. The van der Waals surface area contributed by atoms with Crippen LogP contribution in [-0.4, -0.2) is 29.2 Å². The van der Waals surface area contributed by atoms with Crippen molar-refractivity contribution in [1.82, 2.24) is 10.2 Å². The average Bonchev–Trinajstić information content (AvgIpc) is 3.27. The van der Waals surface area contributed by atoms with Gasteiger partial charge in [0.15, 0.2) is 5.78 Å². The van der Waals surface area contributed by atoms with Crippen molar-refractivity contribution in [3.05, 3.63) is 69.9 Å². The van der Waals surface area contributed by atoms with Crippen LogP contribution in [-0.2, 0) is 16.8 Å². The summed E-state index contributed by atoms with van der Waals surface area (Å²) in [7, 11) is 0. The van der Waals surface area contributed by atoms with Crippen LogP contribution in [0.1, 0.15) is 34.0 Å². The van der Waals surface area contributed by atoms with Gasteiger partial charge in [0.1, 0.15) is 5.54 Å². The van der Waals surface area contributed by atoms with Crippen molar-refractivity contribution < 1.29 is 14.4 Å². The number of amides is 3. The first-order chi connectivity index (χ1) is 13.4. The van der Waals surface area contributed by atoms with E-state index < -0.39 is 17.5 Å². The van der Waals surface area contributed by atoms with Gasteiger partial charge in [-0.05, 0) is 41.8 Å². The first-order valence-corrected chi connectivity index (χ1v) is 10.00. The molecule has 6 heteroatoms. The second kappa shape index (κ2) is 6.87. The van der Waals surface area contributed by atoms with Crippen LogP contribution in [0, 0.1) is 0 Å². The summed E-state index contributed by atoms with van der Waals surface area (Å²) in [5, 5.41) is 4.69. The van der Waals surface area contributed by atoms with Crippen molar-refractivity contribution in [3.8, 4) is 0 Å². The Balaban J connectivity index is 1.65. The molecule has 1 aromatic heterocycles. The van der Waals surface area contributed by atoms with Crippen molar-refractivity contribution in [3.63, 3.8) is 0 Å². The molecule has 28 heavy (non-hydrogen) atoms. The number of ketones is 1. The first kappa shape index (κ1) is 18.4. The van der Waals surface area contributed by atoms with E-state index in [1.165, 1.54) is 11.3 Å². The predicted octanol–water partition coefficient (Wildman–Crippen LogP) is 4.11. The van der Waals surface area contributed by atoms with Crippen LogP contribution >= 0.6 is 11.3 Å². The third kappa shape index (κ3) is 2.90. The highest BCUT2D eigenvalue weighted by Crippen LogP contribution is 2.34. The number of nitrogens with zero attached hydrogens (tertiary/aromatic N) is 1. The smallest absolute Gasteiger partial charge is 0.319 e. The molecule has 0 bridgehead atoms. The van der Waals surface area contributed by atoms with Gasteiger partial charge in [-0.25, -0.2) is 4.79 Å². The molecule has 0 spiro atoms. The molecule has 2 aromatic carbocycles. The Morgan fingerprint density at radius 1 is 1.07 bits per heavy atom. The van der Waals surface area contributed by atoms with Gasteiger partial charge in [-0.3, -0.25) is 14.5 Å². The maximum absolute atomic E-state index is 13.2. The van der Waals surface area contributed by atoms with E-state index in [4.69, 9.17) is 0 Å². The van der Waals surface area contributed by atoms with Gasteiger partial charge in [0, 0.05) is 4.88 Å². The fourth-order valence-electron chi connectivity index (χ4n) is 3.62. The van der Waals surface area contributed by atoms with E-state index >= 15 is 0 Å². The summed E-state index contributed by atoms with van der Waals surface area (Å²) in [5.74, 6) is -0.634. The summed E-state index contributed by atoms with van der Waals surface area (Å²) in [6.07, 6.45) is 0.847. The number of thiophene rings is 1.